The number of allylic oxidation sites excluding steroid dienone is 1. The molecule has 0 amide bonds. The van der Waals surface area contributed by atoms with Crippen molar-refractivity contribution in [2.24, 2.45) is 23.7 Å². The minimum absolute atomic E-state index is 1.06. The average Bonchev–Trinajstić information content (AvgIpc) is 2.58. The minimum Gasteiger partial charge on any atom is -0.103 e. The summed E-state index contributed by atoms with van der Waals surface area (Å²) < 4.78 is 0. The third-order valence-corrected chi connectivity index (χ3v) is 6.69. The Morgan fingerprint density at radius 3 is 1.68 bits per heavy atom. The monoisotopic (exact) mass is 304 g/mol. The van der Waals surface area contributed by atoms with E-state index in [1.165, 1.54) is 57.8 Å². The highest BCUT2D eigenvalue weighted by Crippen LogP contribution is 2.43. The summed E-state index contributed by atoms with van der Waals surface area (Å²) in [5.41, 5.74) is 0. The summed E-state index contributed by atoms with van der Waals surface area (Å²) in [6.07, 6.45) is 24.3. The maximum atomic E-state index is 3.83. The molecular formula is C22H40. The van der Waals surface area contributed by atoms with E-state index in [-0.39, 0.29) is 0 Å². The van der Waals surface area contributed by atoms with Crippen LogP contribution in [0.3, 0.4) is 0 Å². The zero-order chi connectivity index (χ0) is 15.6. The van der Waals surface area contributed by atoms with E-state index in [4.69, 9.17) is 0 Å². The lowest BCUT2D eigenvalue weighted by atomic mass is 9.68. The highest BCUT2D eigenvalue weighted by atomic mass is 14.4. The quantitative estimate of drug-likeness (QED) is 0.305. The topological polar surface area (TPSA) is 0 Å². The molecular weight excluding hydrogens is 264 g/mol. The van der Waals surface area contributed by atoms with Crippen molar-refractivity contribution in [2.45, 2.75) is 103 Å². The smallest absolute Gasteiger partial charge is 0.0353 e. The highest BCUT2D eigenvalue weighted by molar-refractivity contribution is 4.82. The van der Waals surface area contributed by atoms with E-state index in [9.17, 15) is 0 Å². The van der Waals surface area contributed by atoms with Crippen molar-refractivity contribution in [3.8, 4) is 0 Å². The van der Waals surface area contributed by atoms with Crippen molar-refractivity contribution in [1.82, 2.24) is 0 Å². The van der Waals surface area contributed by atoms with Crippen molar-refractivity contribution in [2.75, 3.05) is 0 Å². The molecule has 0 aromatic carbocycles. The Hall–Kier alpha value is -0.260. The van der Waals surface area contributed by atoms with E-state index in [0.29, 0.717) is 0 Å². The van der Waals surface area contributed by atoms with E-state index in [1.807, 2.05) is 0 Å². The molecule has 0 unspecified atom stereocenters. The van der Waals surface area contributed by atoms with Gasteiger partial charge in [-0.2, -0.15) is 0 Å². The molecule has 0 saturated heterocycles. The first-order valence-electron chi connectivity index (χ1n) is 10.4. The number of hydrogen-bond donors (Lipinski definition) is 0. The van der Waals surface area contributed by atoms with Gasteiger partial charge in [-0.3, -0.25) is 0 Å². The highest BCUT2D eigenvalue weighted by Gasteiger charge is 2.30. The molecule has 2 aliphatic rings. The molecule has 0 nitrogen and oxygen atoms in total. The fourth-order valence-electron chi connectivity index (χ4n) is 5.11. The van der Waals surface area contributed by atoms with Gasteiger partial charge in [0.05, 0.1) is 0 Å². The molecule has 0 atom stereocenters. The van der Waals surface area contributed by atoms with Crippen LogP contribution < -0.4 is 0 Å². The summed E-state index contributed by atoms with van der Waals surface area (Å²) >= 11 is 0. The van der Waals surface area contributed by atoms with Crippen LogP contribution in [0.1, 0.15) is 103 Å². The molecule has 2 rings (SSSR count). The number of unbranched alkanes of at least 4 members (excludes halogenated alkanes) is 3. The predicted octanol–water partition coefficient (Wildman–Crippen LogP) is 7.54. The van der Waals surface area contributed by atoms with Crippen molar-refractivity contribution >= 4 is 0 Å². The van der Waals surface area contributed by atoms with Gasteiger partial charge in [-0.05, 0) is 62.2 Å². The van der Waals surface area contributed by atoms with Gasteiger partial charge in [-0.1, -0.05) is 70.8 Å². The predicted molar refractivity (Wildman–Crippen MR) is 99.1 cm³/mol. The second-order valence-electron chi connectivity index (χ2n) is 8.28. The Morgan fingerprint density at radius 1 is 0.727 bits per heavy atom. The summed E-state index contributed by atoms with van der Waals surface area (Å²) in [7, 11) is 0. The molecule has 0 aromatic heterocycles. The van der Waals surface area contributed by atoms with E-state index in [0.717, 1.165) is 23.7 Å². The molecule has 0 heterocycles. The molecule has 2 fully saturated rings. The summed E-state index contributed by atoms with van der Waals surface area (Å²) in [5, 5.41) is 0. The van der Waals surface area contributed by atoms with Crippen LogP contribution in [0.4, 0.5) is 0 Å². The van der Waals surface area contributed by atoms with E-state index in [1.54, 1.807) is 38.5 Å². The van der Waals surface area contributed by atoms with Gasteiger partial charge in [-0.25, -0.2) is 0 Å². The Bertz CT molecular complexity index is 276. The standard InChI is InChI=1S/C22H40/c1-3-5-7-8-10-20-13-17-22(18-14-20)21-15-11-19(12-16-21)9-6-4-2/h3,19-22H,1,4-18H2,2H3. The molecule has 0 N–H and O–H groups in total. The molecule has 0 aromatic rings. The molecule has 2 saturated carbocycles. The van der Waals surface area contributed by atoms with E-state index >= 15 is 0 Å². The first-order valence-corrected chi connectivity index (χ1v) is 10.4. The van der Waals surface area contributed by atoms with Gasteiger partial charge < -0.3 is 0 Å². The molecule has 128 valence electrons. The number of hydrogen-bond acceptors (Lipinski definition) is 0. The zero-order valence-electron chi connectivity index (χ0n) is 15.2. The Morgan fingerprint density at radius 2 is 1.23 bits per heavy atom. The fraction of sp³-hybridized carbons (Fsp3) is 0.909. The largest absolute Gasteiger partial charge is 0.103 e. The Kier molecular flexibility index (Phi) is 8.63. The van der Waals surface area contributed by atoms with Crippen molar-refractivity contribution in [3.63, 3.8) is 0 Å². The van der Waals surface area contributed by atoms with Gasteiger partial charge in [0.25, 0.3) is 0 Å². The SMILES string of the molecule is C=CCCCCC1CCC(C2CCC(CCCC)CC2)CC1. The summed E-state index contributed by atoms with van der Waals surface area (Å²) in [6, 6.07) is 0. The molecule has 0 heteroatoms. The zero-order valence-corrected chi connectivity index (χ0v) is 15.2. The second kappa shape index (κ2) is 10.5. The van der Waals surface area contributed by atoms with Gasteiger partial charge in [0, 0.05) is 0 Å². The van der Waals surface area contributed by atoms with Crippen LogP contribution in [0.2, 0.25) is 0 Å². The maximum absolute atomic E-state index is 3.83. The fourth-order valence-corrected chi connectivity index (χ4v) is 5.11. The first-order chi connectivity index (χ1) is 10.8. The van der Waals surface area contributed by atoms with Crippen molar-refractivity contribution in [3.05, 3.63) is 12.7 Å². The van der Waals surface area contributed by atoms with Crippen molar-refractivity contribution in [1.29, 1.82) is 0 Å². The molecule has 0 bridgehead atoms. The van der Waals surface area contributed by atoms with Crippen LogP contribution in [0.15, 0.2) is 12.7 Å². The van der Waals surface area contributed by atoms with E-state index in [2.05, 4.69) is 19.6 Å². The lowest BCUT2D eigenvalue weighted by Crippen LogP contribution is -2.25. The minimum atomic E-state index is 1.06. The van der Waals surface area contributed by atoms with Crippen LogP contribution in [-0.2, 0) is 0 Å². The molecule has 0 radical (unpaired) electrons. The first kappa shape index (κ1) is 18.1. The van der Waals surface area contributed by atoms with Crippen LogP contribution in [0, 0.1) is 23.7 Å². The van der Waals surface area contributed by atoms with Gasteiger partial charge in [0.2, 0.25) is 0 Å². The van der Waals surface area contributed by atoms with Gasteiger partial charge in [-0.15, -0.1) is 6.58 Å². The van der Waals surface area contributed by atoms with Gasteiger partial charge in [0.15, 0.2) is 0 Å². The lowest BCUT2D eigenvalue weighted by Gasteiger charge is -2.38. The second-order valence-corrected chi connectivity index (χ2v) is 8.28. The van der Waals surface area contributed by atoms with Crippen LogP contribution in [-0.4, -0.2) is 0 Å². The summed E-state index contributed by atoms with van der Waals surface area (Å²) in [4.78, 5) is 0. The van der Waals surface area contributed by atoms with Crippen molar-refractivity contribution < 1.29 is 0 Å². The molecule has 0 aliphatic heterocycles. The van der Waals surface area contributed by atoms with Crippen LogP contribution in [0.25, 0.3) is 0 Å². The third kappa shape index (κ3) is 6.09. The van der Waals surface area contributed by atoms with E-state index < -0.39 is 0 Å². The van der Waals surface area contributed by atoms with Gasteiger partial charge >= 0.3 is 0 Å². The average molecular weight is 305 g/mol. The lowest BCUT2D eigenvalue weighted by molar-refractivity contribution is 0.140. The van der Waals surface area contributed by atoms with Crippen LogP contribution in [0.5, 0.6) is 0 Å². The van der Waals surface area contributed by atoms with Gasteiger partial charge in [0.1, 0.15) is 0 Å². The summed E-state index contributed by atoms with van der Waals surface area (Å²) in [6.45, 7) is 6.16. The third-order valence-electron chi connectivity index (χ3n) is 6.69. The molecule has 22 heavy (non-hydrogen) atoms. The Balaban J connectivity index is 1.58. The summed E-state index contributed by atoms with van der Waals surface area (Å²) in [5.74, 6) is 4.33. The molecule has 0 spiro atoms. The molecule has 2 aliphatic carbocycles. The van der Waals surface area contributed by atoms with Crippen LogP contribution >= 0.6 is 0 Å². The number of rotatable bonds is 9. The maximum Gasteiger partial charge on any atom is -0.0353 e. The normalized spacial score (nSPS) is 32.8. The Labute approximate surface area is 140 Å².